The number of H-pyrrole nitrogens is 1. The van der Waals surface area contributed by atoms with Gasteiger partial charge in [0.05, 0.1) is 15.4 Å². The van der Waals surface area contributed by atoms with E-state index in [1.54, 1.807) is 18.2 Å². The lowest BCUT2D eigenvalue weighted by Gasteiger charge is -2.01. The number of fused-ring (bicyclic) bond motifs is 1. The molecule has 0 aliphatic heterocycles. The predicted molar refractivity (Wildman–Crippen MR) is 97.3 cm³/mol. The van der Waals surface area contributed by atoms with Crippen LogP contribution < -0.4 is 5.56 Å². The van der Waals surface area contributed by atoms with Crippen molar-refractivity contribution in [3.63, 3.8) is 0 Å². The fourth-order valence-electron chi connectivity index (χ4n) is 2.30. The zero-order valence-corrected chi connectivity index (χ0v) is 15.2. The summed E-state index contributed by atoms with van der Waals surface area (Å²) in [4.78, 5) is 21.0. The highest BCUT2D eigenvalue weighted by Crippen LogP contribution is 2.27. The zero-order valence-electron chi connectivity index (χ0n) is 12.8. The van der Waals surface area contributed by atoms with Crippen molar-refractivity contribution in [3.8, 4) is 6.07 Å². The van der Waals surface area contributed by atoms with Crippen molar-refractivity contribution < 1.29 is 4.39 Å². The topological polar surface area (TPSA) is 69.5 Å². The maximum atomic E-state index is 13.3. The van der Waals surface area contributed by atoms with Crippen molar-refractivity contribution in [2.75, 3.05) is 0 Å². The number of nitriles is 1. The fourth-order valence-corrected chi connectivity index (χ4v) is 3.73. The Labute approximate surface area is 149 Å². The Balaban J connectivity index is 2.16. The van der Waals surface area contributed by atoms with Crippen molar-refractivity contribution in [2.45, 2.75) is 13.8 Å². The average molecular weight is 404 g/mol. The molecule has 0 fully saturated rings. The summed E-state index contributed by atoms with van der Waals surface area (Å²) in [5.74, 6) is -0.181. The highest BCUT2D eigenvalue weighted by molar-refractivity contribution is 9.10. The van der Waals surface area contributed by atoms with Crippen LogP contribution in [0.4, 0.5) is 4.39 Å². The van der Waals surface area contributed by atoms with Crippen LogP contribution in [0.2, 0.25) is 0 Å². The third-order valence-corrected chi connectivity index (χ3v) is 5.38. The SMILES string of the molecule is Cc1sc2nc(/C(C#N)=C/c3ccc(F)c(Br)c3)[nH]c(=O)c2c1C. The van der Waals surface area contributed by atoms with Gasteiger partial charge < -0.3 is 4.98 Å². The monoisotopic (exact) mass is 403 g/mol. The van der Waals surface area contributed by atoms with Gasteiger partial charge in [-0.15, -0.1) is 11.3 Å². The van der Waals surface area contributed by atoms with E-state index < -0.39 is 0 Å². The Kier molecular flexibility index (Phi) is 4.35. The number of benzene rings is 1. The molecule has 0 amide bonds. The molecule has 1 N–H and O–H groups in total. The van der Waals surface area contributed by atoms with Gasteiger partial charge in [0, 0.05) is 4.88 Å². The summed E-state index contributed by atoms with van der Waals surface area (Å²) < 4.78 is 13.6. The smallest absolute Gasteiger partial charge is 0.260 e. The first-order valence-corrected chi connectivity index (χ1v) is 8.59. The van der Waals surface area contributed by atoms with Crippen molar-refractivity contribution in [1.29, 1.82) is 5.26 Å². The second-order valence-corrected chi connectivity index (χ2v) is 7.28. The lowest BCUT2D eigenvalue weighted by atomic mass is 10.1. The third-order valence-electron chi connectivity index (χ3n) is 3.67. The molecule has 0 aliphatic carbocycles. The molecule has 120 valence electrons. The first-order chi connectivity index (χ1) is 11.4. The summed E-state index contributed by atoms with van der Waals surface area (Å²) in [6, 6.07) is 6.45. The number of hydrogen-bond acceptors (Lipinski definition) is 4. The molecule has 3 aromatic rings. The molecular formula is C17H11BrFN3OS. The van der Waals surface area contributed by atoms with Gasteiger partial charge in [-0.2, -0.15) is 5.26 Å². The van der Waals surface area contributed by atoms with E-state index in [0.29, 0.717) is 20.3 Å². The van der Waals surface area contributed by atoms with Gasteiger partial charge in [-0.1, -0.05) is 6.07 Å². The Bertz CT molecular complexity index is 1090. The Morgan fingerprint density at radius 1 is 1.46 bits per heavy atom. The number of nitrogens with zero attached hydrogens (tertiary/aromatic N) is 2. The van der Waals surface area contributed by atoms with Crippen molar-refractivity contribution >= 4 is 49.1 Å². The van der Waals surface area contributed by atoms with Crippen LogP contribution in [0.1, 0.15) is 21.8 Å². The predicted octanol–water partition coefficient (Wildman–Crippen LogP) is 4.57. The van der Waals surface area contributed by atoms with Crippen LogP contribution in [0.15, 0.2) is 27.5 Å². The van der Waals surface area contributed by atoms with Gasteiger partial charge in [0.15, 0.2) is 5.82 Å². The highest BCUT2D eigenvalue weighted by Gasteiger charge is 2.14. The number of rotatable bonds is 2. The van der Waals surface area contributed by atoms with E-state index in [-0.39, 0.29) is 22.8 Å². The fraction of sp³-hybridized carbons (Fsp3) is 0.118. The number of thiophene rings is 1. The van der Waals surface area contributed by atoms with Crippen LogP contribution in [0.25, 0.3) is 21.9 Å². The van der Waals surface area contributed by atoms with Gasteiger partial charge in [0.1, 0.15) is 16.7 Å². The summed E-state index contributed by atoms with van der Waals surface area (Å²) in [5, 5.41) is 9.98. The number of hydrogen-bond donors (Lipinski definition) is 1. The minimum absolute atomic E-state index is 0.205. The maximum absolute atomic E-state index is 13.3. The molecule has 0 unspecified atom stereocenters. The summed E-state index contributed by atoms with van der Waals surface area (Å²) in [7, 11) is 0. The highest BCUT2D eigenvalue weighted by atomic mass is 79.9. The Hall–Kier alpha value is -2.30. The second-order valence-electron chi connectivity index (χ2n) is 5.22. The van der Waals surface area contributed by atoms with Gasteiger partial charge >= 0.3 is 0 Å². The molecule has 4 nitrogen and oxygen atoms in total. The van der Waals surface area contributed by atoms with Gasteiger partial charge in [0.25, 0.3) is 5.56 Å². The summed E-state index contributed by atoms with van der Waals surface area (Å²) >= 11 is 4.53. The van der Waals surface area contributed by atoms with Crippen LogP contribution >= 0.6 is 27.3 Å². The van der Waals surface area contributed by atoms with E-state index in [1.807, 2.05) is 19.9 Å². The molecule has 3 rings (SSSR count). The Morgan fingerprint density at radius 2 is 2.21 bits per heavy atom. The second kappa shape index (κ2) is 6.30. The molecule has 7 heteroatoms. The first-order valence-electron chi connectivity index (χ1n) is 6.98. The number of nitrogens with one attached hydrogen (secondary N) is 1. The van der Waals surface area contributed by atoms with E-state index in [4.69, 9.17) is 0 Å². The minimum atomic E-state index is -0.386. The van der Waals surface area contributed by atoms with Gasteiger partial charge in [-0.05, 0) is 59.1 Å². The van der Waals surface area contributed by atoms with Crippen LogP contribution in [0.3, 0.4) is 0 Å². The van der Waals surface area contributed by atoms with E-state index in [9.17, 15) is 14.4 Å². The lowest BCUT2D eigenvalue weighted by molar-refractivity contribution is 0.621. The number of aromatic amines is 1. The average Bonchev–Trinajstić information content (AvgIpc) is 2.83. The summed E-state index contributed by atoms with van der Waals surface area (Å²) in [6.45, 7) is 3.81. The molecule has 0 radical (unpaired) electrons. The summed E-state index contributed by atoms with van der Waals surface area (Å²) in [5.41, 5.74) is 1.47. The quantitative estimate of drug-likeness (QED) is 0.637. The lowest BCUT2D eigenvalue weighted by Crippen LogP contribution is -2.10. The molecule has 0 aliphatic rings. The molecule has 2 heterocycles. The van der Waals surface area contributed by atoms with E-state index in [0.717, 1.165) is 10.4 Å². The first kappa shape index (κ1) is 16.6. The molecule has 24 heavy (non-hydrogen) atoms. The van der Waals surface area contributed by atoms with Gasteiger partial charge in [0.2, 0.25) is 0 Å². The molecule has 0 saturated heterocycles. The Morgan fingerprint density at radius 3 is 2.88 bits per heavy atom. The van der Waals surface area contributed by atoms with Crippen LogP contribution in [-0.2, 0) is 0 Å². The summed E-state index contributed by atoms with van der Waals surface area (Å²) in [6.07, 6.45) is 1.56. The number of halogens is 2. The van der Waals surface area contributed by atoms with Crippen molar-refractivity contribution in [2.24, 2.45) is 0 Å². The maximum Gasteiger partial charge on any atom is 0.260 e. The van der Waals surface area contributed by atoms with Crippen LogP contribution in [-0.4, -0.2) is 9.97 Å². The van der Waals surface area contributed by atoms with Crippen molar-refractivity contribution in [1.82, 2.24) is 9.97 Å². The van der Waals surface area contributed by atoms with Crippen molar-refractivity contribution in [3.05, 3.63) is 60.7 Å². The van der Waals surface area contributed by atoms with Crippen LogP contribution in [0.5, 0.6) is 0 Å². The van der Waals surface area contributed by atoms with Crippen LogP contribution in [0, 0.1) is 31.0 Å². The number of aryl methyl sites for hydroxylation is 2. The van der Waals surface area contributed by atoms with E-state index in [1.165, 1.54) is 17.4 Å². The normalized spacial score (nSPS) is 11.7. The molecule has 2 aromatic heterocycles. The molecule has 0 bridgehead atoms. The molecule has 1 aromatic carbocycles. The molecule has 0 spiro atoms. The van der Waals surface area contributed by atoms with E-state index in [2.05, 4.69) is 25.9 Å². The molecule has 0 atom stereocenters. The van der Waals surface area contributed by atoms with Gasteiger partial charge in [-0.3, -0.25) is 4.79 Å². The standard InChI is InChI=1S/C17H11BrFN3OS/c1-8-9(2)24-17-14(8)16(23)21-15(22-17)11(7-20)5-10-3-4-13(19)12(18)6-10/h3-6H,1-2H3,(H,21,22,23)/b11-5+. The number of allylic oxidation sites excluding steroid dienone is 1. The van der Waals surface area contributed by atoms with Gasteiger partial charge in [-0.25, -0.2) is 9.37 Å². The molecular weight excluding hydrogens is 393 g/mol. The van der Waals surface area contributed by atoms with E-state index >= 15 is 0 Å². The third kappa shape index (κ3) is 2.90. The number of aromatic nitrogens is 2. The largest absolute Gasteiger partial charge is 0.305 e. The molecule has 0 saturated carbocycles. The minimum Gasteiger partial charge on any atom is -0.305 e. The zero-order chi connectivity index (χ0) is 17.4.